The molecular weight excluding hydrogens is 405 g/mol. The molecule has 0 aliphatic rings. The van der Waals surface area contributed by atoms with Gasteiger partial charge in [0.05, 0.1) is 5.75 Å². The number of nitrogens with one attached hydrogen (secondary N) is 2. The fraction of sp³-hybridized carbons (Fsp3) is 0.923. The third-order valence-electron chi connectivity index (χ3n) is 2.50. The minimum Gasteiger partial charge on any atom is -0.382 e. The lowest BCUT2D eigenvalue weighted by Gasteiger charge is -2.11. The average Bonchev–Trinajstić information content (AvgIpc) is 2.37. The number of hydrogen-bond donors (Lipinski definition) is 2. The molecule has 0 amide bonds. The lowest BCUT2D eigenvalue weighted by Crippen LogP contribution is -2.38. The predicted octanol–water partition coefficient (Wildman–Crippen LogP) is 1.41. The van der Waals surface area contributed by atoms with Crippen molar-refractivity contribution >= 4 is 39.8 Å². The Morgan fingerprint density at radius 1 is 1.14 bits per heavy atom. The Morgan fingerprint density at radius 2 is 1.86 bits per heavy atom. The van der Waals surface area contributed by atoms with Crippen molar-refractivity contribution in [2.75, 3.05) is 44.9 Å². The van der Waals surface area contributed by atoms with Gasteiger partial charge < -0.3 is 15.4 Å². The highest BCUT2D eigenvalue weighted by Gasteiger charge is 2.01. The molecule has 0 aromatic rings. The van der Waals surface area contributed by atoms with E-state index in [4.69, 9.17) is 4.74 Å². The number of unbranched alkanes of at least 4 members (excludes halogenated alkanes) is 1. The van der Waals surface area contributed by atoms with E-state index >= 15 is 0 Å². The van der Waals surface area contributed by atoms with Crippen molar-refractivity contribution in [2.24, 2.45) is 4.99 Å². The zero-order valence-electron chi connectivity index (χ0n) is 13.4. The van der Waals surface area contributed by atoms with Gasteiger partial charge in [-0.2, -0.15) is 0 Å². The molecule has 128 valence electrons. The van der Waals surface area contributed by atoms with Crippen LogP contribution in [0.15, 0.2) is 4.99 Å². The summed E-state index contributed by atoms with van der Waals surface area (Å²) in [6.07, 6.45) is 3.85. The van der Waals surface area contributed by atoms with Crippen molar-refractivity contribution in [3.8, 4) is 0 Å². The van der Waals surface area contributed by atoms with E-state index in [9.17, 15) is 8.42 Å². The summed E-state index contributed by atoms with van der Waals surface area (Å²) in [6.45, 7) is 7.69. The Bertz CT molecular complexity index is 362. The van der Waals surface area contributed by atoms with Crippen LogP contribution in [0.1, 0.15) is 33.1 Å². The second-order valence-electron chi connectivity index (χ2n) is 4.57. The fourth-order valence-electron chi connectivity index (χ4n) is 1.54. The van der Waals surface area contributed by atoms with Gasteiger partial charge in [0.25, 0.3) is 0 Å². The van der Waals surface area contributed by atoms with Crippen LogP contribution in [0.2, 0.25) is 0 Å². The Kier molecular flexibility index (Phi) is 16.4. The maximum Gasteiger partial charge on any atom is 0.191 e. The van der Waals surface area contributed by atoms with E-state index < -0.39 is 9.84 Å². The molecule has 0 spiro atoms. The van der Waals surface area contributed by atoms with Gasteiger partial charge in [0.1, 0.15) is 9.84 Å². The van der Waals surface area contributed by atoms with Gasteiger partial charge in [-0.05, 0) is 33.1 Å². The summed E-state index contributed by atoms with van der Waals surface area (Å²) in [5.74, 6) is 0.932. The van der Waals surface area contributed by atoms with Gasteiger partial charge in [-0.25, -0.2) is 8.42 Å². The van der Waals surface area contributed by atoms with Crippen LogP contribution in [0.5, 0.6) is 0 Å². The van der Waals surface area contributed by atoms with Crippen molar-refractivity contribution in [1.82, 2.24) is 10.6 Å². The maximum atomic E-state index is 11.0. The second kappa shape index (κ2) is 14.8. The molecule has 6 nitrogen and oxygen atoms in total. The van der Waals surface area contributed by atoms with Crippen LogP contribution in [0, 0.1) is 0 Å². The molecule has 2 N–H and O–H groups in total. The third-order valence-corrected chi connectivity index (χ3v) is 3.53. The Balaban J connectivity index is 0. The molecule has 0 aliphatic heterocycles. The van der Waals surface area contributed by atoms with E-state index in [1.54, 1.807) is 0 Å². The smallest absolute Gasteiger partial charge is 0.191 e. The Labute approximate surface area is 146 Å². The minimum atomic E-state index is -2.89. The highest BCUT2D eigenvalue weighted by atomic mass is 127. The van der Waals surface area contributed by atoms with Gasteiger partial charge in [0.15, 0.2) is 5.96 Å². The number of sulfone groups is 1. The predicted molar refractivity (Wildman–Crippen MR) is 99.5 cm³/mol. The van der Waals surface area contributed by atoms with E-state index in [-0.39, 0.29) is 29.7 Å². The van der Waals surface area contributed by atoms with Gasteiger partial charge in [-0.3, -0.25) is 4.99 Å². The summed E-state index contributed by atoms with van der Waals surface area (Å²) in [5.41, 5.74) is 0. The van der Waals surface area contributed by atoms with Crippen LogP contribution >= 0.6 is 24.0 Å². The first-order valence-corrected chi connectivity index (χ1v) is 9.33. The molecule has 0 atom stereocenters. The van der Waals surface area contributed by atoms with Gasteiger partial charge in [-0.1, -0.05) is 0 Å². The van der Waals surface area contributed by atoms with Crippen molar-refractivity contribution in [3.05, 3.63) is 0 Å². The van der Waals surface area contributed by atoms with Crippen molar-refractivity contribution < 1.29 is 13.2 Å². The molecule has 0 bridgehead atoms. The summed E-state index contributed by atoms with van der Waals surface area (Å²) >= 11 is 0. The highest BCUT2D eigenvalue weighted by Crippen LogP contribution is 1.91. The molecule has 0 unspecified atom stereocenters. The summed E-state index contributed by atoms with van der Waals surface area (Å²) < 4.78 is 27.3. The lowest BCUT2D eigenvalue weighted by atomic mass is 10.3. The second-order valence-corrected chi connectivity index (χ2v) is 6.83. The van der Waals surface area contributed by atoms with Crippen LogP contribution < -0.4 is 10.6 Å². The molecule has 0 fully saturated rings. The Hall–Kier alpha value is -0.0900. The minimum absolute atomic E-state index is 0. The number of rotatable bonds is 11. The Morgan fingerprint density at radius 3 is 2.43 bits per heavy atom. The zero-order valence-corrected chi connectivity index (χ0v) is 16.5. The van der Waals surface area contributed by atoms with Gasteiger partial charge in [-0.15, -0.1) is 24.0 Å². The molecular formula is C13H30IN3O3S. The average molecular weight is 435 g/mol. The van der Waals surface area contributed by atoms with E-state index in [0.717, 1.165) is 45.1 Å². The number of ether oxygens (including phenoxy) is 1. The standard InChI is InChI=1S/C13H29N3O3S.HI/c1-4-14-13(15-9-6-7-11-19-5-2)16-10-8-12-20(3,17)18;/h4-12H2,1-3H3,(H2,14,15,16);1H. The van der Waals surface area contributed by atoms with Crippen LogP contribution in [-0.2, 0) is 14.6 Å². The first kappa shape index (κ1) is 23.2. The van der Waals surface area contributed by atoms with E-state index in [1.807, 2.05) is 13.8 Å². The van der Waals surface area contributed by atoms with E-state index in [2.05, 4.69) is 15.6 Å². The molecule has 0 saturated carbocycles. The number of nitrogens with zero attached hydrogens (tertiary/aromatic N) is 1. The molecule has 0 rings (SSSR count). The van der Waals surface area contributed by atoms with Gasteiger partial charge in [0.2, 0.25) is 0 Å². The molecule has 21 heavy (non-hydrogen) atoms. The molecule has 0 saturated heterocycles. The van der Waals surface area contributed by atoms with Crippen LogP contribution in [0.3, 0.4) is 0 Å². The van der Waals surface area contributed by atoms with Gasteiger partial charge >= 0.3 is 0 Å². The normalized spacial score (nSPS) is 11.9. The molecule has 0 aromatic heterocycles. The maximum absolute atomic E-state index is 11.0. The van der Waals surface area contributed by atoms with Crippen LogP contribution in [-0.4, -0.2) is 59.2 Å². The topological polar surface area (TPSA) is 79.8 Å². The summed E-state index contributed by atoms with van der Waals surface area (Å²) in [4.78, 5) is 4.35. The van der Waals surface area contributed by atoms with E-state index in [1.165, 1.54) is 6.26 Å². The summed E-state index contributed by atoms with van der Waals surface area (Å²) in [7, 11) is -2.89. The lowest BCUT2D eigenvalue weighted by molar-refractivity contribution is 0.143. The third kappa shape index (κ3) is 17.9. The van der Waals surface area contributed by atoms with E-state index in [0.29, 0.717) is 13.0 Å². The number of halogens is 1. The molecule has 8 heteroatoms. The van der Waals surface area contributed by atoms with Crippen molar-refractivity contribution in [2.45, 2.75) is 33.1 Å². The molecule has 0 aliphatic carbocycles. The summed E-state index contributed by atoms with van der Waals surface area (Å²) in [6, 6.07) is 0. The quantitative estimate of drug-likeness (QED) is 0.222. The SMILES string of the molecule is CCNC(=NCCCS(C)(=O)=O)NCCCCOCC.I. The van der Waals surface area contributed by atoms with Crippen LogP contribution in [0.4, 0.5) is 0 Å². The number of aliphatic imine (C=N–C) groups is 1. The molecule has 0 radical (unpaired) electrons. The fourth-order valence-corrected chi connectivity index (χ4v) is 2.19. The van der Waals surface area contributed by atoms with Crippen LogP contribution in [0.25, 0.3) is 0 Å². The zero-order chi connectivity index (χ0) is 15.3. The molecule has 0 heterocycles. The first-order chi connectivity index (χ1) is 9.49. The first-order valence-electron chi connectivity index (χ1n) is 7.27. The molecule has 0 aromatic carbocycles. The summed E-state index contributed by atoms with van der Waals surface area (Å²) in [5, 5.41) is 6.37. The largest absolute Gasteiger partial charge is 0.382 e. The van der Waals surface area contributed by atoms with Gasteiger partial charge in [0, 0.05) is 39.1 Å². The highest BCUT2D eigenvalue weighted by molar-refractivity contribution is 14.0. The van der Waals surface area contributed by atoms with Crippen molar-refractivity contribution in [1.29, 1.82) is 0 Å². The number of guanidine groups is 1. The van der Waals surface area contributed by atoms with Crippen molar-refractivity contribution in [3.63, 3.8) is 0 Å². The monoisotopic (exact) mass is 435 g/mol. The number of hydrogen-bond acceptors (Lipinski definition) is 4.